The van der Waals surface area contributed by atoms with Gasteiger partial charge in [0.15, 0.2) is 0 Å². The van der Waals surface area contributed by atoms with Crippen molar-refractivity contribution in [2.45, 2.75) is 79.7 Å². The van der Waals surface area contributed by atoms with E-state index in [0.717, 1.165) is 50.6 Å². The highest BCUT2D eigenvalue weighted by Gasteiger charge is 2.25. The second kappa shape index (κ2) is 16.8. The molecular formula is C38H47N5O8. The number of amides is 2. The van der Waals surface area contributed by atoms with Gasteiger partial charge in [0.25, 0.3) is 11.8 Å². The minimum Gasteiger partial charge on any atom is -0.481 e. The first kappa shape index (κ1) is 39.7. The van der Waals surface area contributed by atoms with Crippen LogP contribution in [0.3, 0.4) is 0 Å². The van der Waals surface area contributed by atoms with Crippen molar-refractivity contribution in [3.63, 3.8) is 0 Å². The smallest absolute Gasteiger partial charge is 0.320 e. The Balaban J connectivity index is 0.000000783. The molecule has 13 heteroatoms. The number of carboxylic acid groups (broad SMARTS) is 3. The monoisotopic (exact) mass is 701 g/mol. The molecule has 2 aliphatic heterocycles. The molecule has 0 bridgehead atoms. The summed E-state index contributed by atoms with van der Waals surface area (Å²) in [5.41, 5.74) is 15.3. The highest BCUT2D eigenvalue weighted by molar-refractivity contribution is 6.03. The van der Waals surface area contributed by atoms with E-state index >= 15 is 0 Å². The van der Waals surface area contributed by atoms with Crippen LogP contribution in [-0.4, -0.2) is 61.1 Å². The molecule has 2 aromatic heterocycles. The first-order valence-electron chi connectivity index (χ1n) is 16.5. The molecule has 0 unspecified atom stereocenters. The minimum atomic E-state index is -0.931. The summed E-state index contributed by atoms with van der Waals surface area (Å²) in [6.45, 7) is 18.5. The van der Waals surface area contributed by atoms with Gasteiger partial charge in [0.05, 0.1) is 5.70 Å². The van der Waals surface area contributed by atoms with E-state index in [2.05, 4.69) is 33.8 Å². The van der Waals surface area contributed by atoms with Gasteiger partial charge in [-0.05, 0) is 86.4 Å². The van der Waals surface area contributed by atoms with Crippen LogP contribution in [-0.2, 0) is 43.2 Å². The average Bonchev–Trinajstić information content (AvgIpc) is 3.70. The number of nitrogens with two attached hydrogens (primary N) is 1. The Bertz CT molecular complexity index is 1910. The molecule has 9 N–H and O–H groups in total. The highest BCUT2D eigenvalue weighted by Crippen LogP contribution is 2.31. The van der Waals surface area contributed by atoms with Crippen LogP contribution in [0.4, 0.5) is 0 Å². The molecule has 2 aromatic rings. The van der Waals surface area contributed by atoms with E-state index in [1.165, 1.54) is 6.08 Å². The van der Waals surface area contributed by atoms with Gasteiger partial charge in [0.1, 0.15) is 6.04 Å². The SMILES string of the molecule is C=CC1=C(C)/C(=C/c2[nH]c(Cc3[nH]c(/C=C4\NC(=O)C(C)=C4C=C)c(C)c3CCC(=O)O)c(CCC(=O)O)c2C)NC1=O.CC(C)[C@H](N)C(=O)O. The number of carbonyl (C=O) groups excluding carboxylic acids is 2. The Labute approximate surface area is 296 Å². The quantitative estimate of drug-likeness (QED) is 0.138. The van der Waals surface area contributed by atoms with Gasteiger partial charge in [0.2, 0.25) is 0 Å². The van der Waals surface area contributed by atoms with Gasteiger partial charge >= 0.3 is 17.9 Å². The van der Waals surface area contributed by atoms with Gasteiger partial charge in [-0.15, -0.1) is 0 Å². The first-order chi connectivity index (χ1) is 23.9. The van der Waals surface area contributed by atoms with Crippen molar-refractivity contribution >= 4 is 41.9 Å². The van der Waals surface area contributed by atoms with Crippen LogP contribution in [0.15, 0.2) is 59.0 Å². The largest absolute Gasteiger partial charge is 0.481 e. The van der Waals surface area contributed by atoms with Crippen molar-refractivity contribution in [2.24, 2.45) is 11.7 Å². The average molecular weight is 702 g/mol. The number of carbonyl (C=O) groups is 5. The molecule has 4 heterocycles. The van der Waals surface area contributed by atoms with Crippen molar-refractivity contribution < 1.29 is 39.3 Å². The lowest BCUT2D eigenvalue weighted by Crippen LogP contribution is -2.34. The molecule has 2 aliphatic rings. The molecule has 272 valence electrons. The number of hydrogen-bond acceptors (Lipinski definition) is 6. The number of allylic oxidation sites excluding steroid dienone is 2. The van der Waals surface area contributed by atoms with Crippen LogP contribution in [0.5, 0.6) is 0 Å². The maximum Gasteiger partial charge on any atom is 0.320 e. The van der Waals surface area contributed by atoms with E-state index in [1.807, 2.05) is 32.9 Å². The maximum absolute atomic E-state index is 12.3. The van der Waals surface area contributed by atoms with E-state index < -0.39 is 23.9 Å². The number of aliphatic carboxylic acids is 3. The highest BCUT2D eigenvalue weighted by atomic mass is 16.4. The molecule has 0 fully saturated rings. The molecule has 1 atom stereocenters. The molecule has 51 heavy (non-hydrogen) atoms. The van der Waals surface area contributed by atoms with Crippen molar-refractivity contribution in [3.05, 3.63) is 104 Å². The lowest BCUT2D eigenvalue weighted by molar-refractivity contribution is -0.140. The van der Waals surface area contributed by atoms with Gasteiger partial charge in [-0.2, -0.15) is 0 Å². The first-order valence-corrected chi connectivity index (χ1v) is 16.5. The zero-order chi connectivity index (χ0) is 38.3. The van der Waals surface area contributed by atoms with Crippen LogP contribution in [0.1, 0.15) is 85.6 Å². The molecular weight excluding hydrogens is 654 g/mol. The Morgan fingerprint density at radius 3 is 1.55 bits per heavy atom. The van der Waals surface area contributed by atoms with Crippen molar-refractivity contribution in [1.29, 1.82) is 0 Å². The molecule has 0 saturated carbocycles. The molecule has 0 aliphatic carbocycles. The summed E-state index contributed by atoms with van der Waals surface area (Å²) in [6, 6.07) is -0.713. The Hall–Kier alpha value is -5.69. The zero-order valence-corrected chi connectivity index (χ0v) is 29.9. The summed E-state index contributed by atoms with van der Waals surface area (Å²) in [4.78, 5) is 64.5. The predicted octanol–water partition coefficient (Wildman–Crippen LogP) is 4.59. The number of aromatic nitrogens is 2. The Kier molecular flexibility index (Phi) is 13.1. The molecule has 2 amide bonds. The standard InChI is InChI=1S/C33H36N4O6.C5H11NO2/c1-7-20-19(6)32(42)37-27(20)14-25-18(5)23(10-12-31(40)41)29(35-25)15-28-22(9-11-30(38)39)17(4)24(34-28)13-26-16(3)21(8-2)33(43)36-26;1-3(2)4(6)5(7)8/h7-8,13-14,34-35H,1-2,9-12,15H2,3-6H3,(H,36,43)(H,37,42)(H,38,39)(H,40,41);3-4H,6H2,1-2H3,(H,7,8)/b26-13-,27-14-;/t;4-/m.0/s1. The zero-order valence-electron chi connectivity index (χ0n) is 29.9. The molecule has 0 radical (unpaired) electrons. The molecule has 0 saturated heterocycles. The third kappa shape index (κ3) is 9.31. The third-order valence-electron chi connectivity index (χ3n) is 9.12. The number of H-pyrrole nitrogens is 2. The van der Waals surface area contributed by atoms with E-state index in [0.29, 0.717) is 34.5 Å². The second-order valence-corrected chi connectivity index (χ2v) is 12.8. The summed E-state index contributed by atoms with van der Waals surface area (Å²) < 4.78 is 0. The fourth-order valence-electron chi connectivity index (χ4n) is 5.90. The molecule has 4 rings (SSSR count). The summed E-state index contributed by atoms with van der Waals surface area (Å²) in [5, 5.41) is 32.8. The number of nitrogens with one attached hydrogen (secondary N) is 4. The van der Waals surface area contributed by atoms with Gasteiger partial charge in [-0.1, -0.05) is 39.2 Å². The molecule has 0 aromatic carbocycles. The number of rotatable bonds is 14. The van der Waals surface area contributed by atoms with Crippen molar-refractivity contribution in [1.82, 2.24) is 20.6 Å². The minimum absolute atomic E-state index is 0.0208. The lowest BCUT2D eigenvalue weighted by atomic mass is 9.98. The van der Waals surface area contributed by atoms with Crippen molar-refractivity contribution in [3.8, 4) is 0 Å². The van der Waals surface area contributed by atoms with E-state index in [9.17, 15) is 34.2 Å². The normalized spacial score (nSPS) is 16.4. The van der Waals surface area contributed by atoms with Gasteiger partial charge in [-0.25, -0.2) is 0 Å². The Morgan fingerprint density at radius 1 is 0.725 bits per heavy atom. The summed E-state index contributed by atoms with van der Waals surface area (Å²) in [5.74, 6) is -3.19. The maximum atomic E-state index is 12.3. The molecule has 0 spiro atoms. The van der Waals surface area contributed by atoms with Crippen LogP contribution >= 0.6 is 0 Å². The van der Waals surface area contributed by atoms with E-state index in [4.69, 9.17) is 10.8 Å². The van der Waals surface area contributed by atoms with E-state index in [1.54, 1.807) is 26.8 Å². The summed E-state index contributed by atoms with van der Waals surface area (Å²) >= 11 is 0. The number of carboxylic acids is 3. The third-order valence-corrected chi connectivity index (χ3v) is 9.12. The molecule has 13 nitrogen and oxygen atoms in total. The van der Waals surface area contributed by atoms with Crippen LogP contribution in [0, 0.1) is 19.8 Å². The van der Waals surface area contributed by atoms with Crippen LogP contribution in [0.25, 0.3) is 12.2 Å². The van der Waals surface area contributed by atoms with E-state index in [-0.39, 0.29) is 43.4 Å². The van der Waals surface area contributed by atoms with Gasteiger partial charge < -0.3 is 41.7 Å². The number of hydrogen-bond donors (Lipinski definition) is 8. The van der Waals surface area contributed by atoms with Crippen LogP contribution < -0.4 is 16.4 Å². The fourth-order valence-corrected chi connectivity index (χ4v) is 5.90. The second-order valence-electron chi connectivity index (χ2n) is 12.8. The van der Waals surface area contributed by atoms with Gasteiger partial charge in [-0.3, -0.25) is 24.0 Å². The lowest BCUT2D eigenvalue weighted by Gasteiger charge is -2.07. The Morgan fingerprint density at radius 2 is 1.18 bits per heavy atom. The van der Waals surface area contributed by atoms with Crippen molar-refractivity contribution in [2.75, 3.05) is 0 Å². The fraction of sp³-hybridized carbons (Fsp3) is 0.342. The summed E-state index contributed by atoms with van der Waals surface area (Å²) in [6.07, 6.45) is 7.58. The number of aromatic amines is 2. The van der Waals surface area contributed by atoms with Gasteiger partial charge in [0, 0.05) is 64.5 Å². The summed E-state index contributed by atoms with van der Waals surface area (Å²) in [7, 11) is 0. The predicted molar refractivity (Wildman–Crippen MR) is 194 cm³/mol. The van der Waals surface area contributed by atoms with Crippen LogP contribution in [0.2, 0.25) is 0 Å². The topological polar surface area (TPSA) is 228 Å².